The number of benzene rings is 2. The van der Waals surface area contributed by atoms with Crippen LogP contribution < -0.4 is 19.5 Å². The topological polar surface area (TPSA) is 60.0 Å². The van der Waals surface area contributed by atoms with Crippen LogP contribution in [0.4, 0.5) is 0 Å². The van der Waals surface area contributed by atoms with Crippen molar-refractivity contribution in [2.45, 2.75) is 25.5 Å². The number of amides is 1. The lowest BCUT2D eigenvalue weighted by atomic mass is 10.1. The molecule has 1 fully saturated rings. The maximum absolute atomic E-state index is 12.0. The summed E-state index contributed by atoms with van der Waals surface area (Å²) in [5, 5.41) is 2.86. The molecule has 1 saturated heterocycles. The van der Waals surface area contributed by atoms with Crippen molar-refractivity contribution in [3.63, 3.8) is 0 Å². The first-order chi connectivity index (χ1) is 13.6. The van der Waals surface area contributed by atoms with Gasteiger partial charge in [0.05, 0.1) is 7.11 Å². The Hall–Kier alpha value is -2.73. The molecule has 6 nitrogen and oxygen atoms in total. The van der Waals surface area contributed by atoms with E-state index in [1.165, 1.54) is 0 Å². The summed E-state index contributed by atoms with van der Waals surface area (Å²) in [7, 11) is 3.75. The molecule has 1 heterocycles. The summed E-state index contributed by atoms with van der Waals surface area (Å²) in [6.45, 7) is 2.59. The fourth-order valence-corrected chi connectivity index (χ4v) is 3.05. The summed E-state index contributed by atoms with van der Waals surface area (Å²) >= 11 is 0. The first-order valence-electron chi connectivity index (χ1n) is 9.60. The molecular weight excluding hydrogens is 356 g/mol. The van der Waals surface area contributed by atoms with Gasteiger partial charge in [-0.2, -0.15) is 0 Å². The van der Waals surface area contributed by atoms with Crippen molar-refractivity contribution >= 4 is 5.91 Å². The summed E-state index contributed by atoms with van der Waals surface area (Å²) in [6, 6.07) is 15.0. The number of rotatable bonds is 8. The average Bonchev–Trinajstić information content (AvgIpc) is 2.74. The Balaban J connectivity index is 1.38. The summed E-state index contributed by atoms with van der Waals surface area (Å²) in [6.07, 6.45) is 2.40. The highest BCUT2D eigenvalue weighted by Gasteiger charge is 2.17. The number of ether oxygens (including phenoxy) is 3. The number of hydrogen-bond donors (Lipinski definition) is 1. The highest BCUT2D eigenvalue weighted by molar-refractivity contribution is 5.77. The third-order valence-corrected chi connectivity index (χ3v) is 4.81. The Morgan fingerprint density at radius 2 is 1.61 bits per heavy atom. The van der Waals surface area contributed by atoms with Crippen LogP contribution in [-0.2, 0) is 11.3 Å². The van der Waals surface area contributed by atoms with E-state index in [0.29, 0.717) is 12.3 Å². The molecular formula is C22H28N2O4. The van der Waals surface area contributed by atoms with Gasteiger partial charge in [0.1, 0.15) is 23.4 Å². The van der Waals surface area contributed by atoms with Crippen LogP contribution in [0.1, 0.15) is 18.4 Å². The van der Waals surface area contributed by atoms with E-state index in [0.717, 1.165) is 43.0 Å². The summed E-state index contributed by atoms with van der Waals surface area (Å²) in [5.74, 6) is 2.10. The number of piperidine rings is 1. The molecule has 0 radical (unpaired) electrons. The van der Waals surface area contributed by atoms with E-state index in [1.807, 2.05) is 24.3 Å². The Bertz CT molecular complexity index is 738. The van der Waals surface area contributed by atoms with E-state index in [-0.39, 0.29) is 18.6 Å². The third-order valence-electron chi connectivity index (χ3n) is 4.81. The van der Waals surface area contributed by atoms with Gasteiger partial charge < -0.3 is 24.4 Å². The van der Waals surface area contributed by atoms with Crippen LogP contribution >= 0.6 is 0 Å². The molecule has 6 heteroatoms. The van der Waals surface area contributed by atoms with Crippen molar-refractivity contribution < 1.29 is 19.0 Å². The molecule has 2 aromatic rings. The fourth-order valence-electron chi connectivity index (χ4n) is 3.05. The predicted molar refractivity (Wildman–Crippen MR) is 108 cm³/mol. The van der Waals surface area contributed by atoms with Crippen LogP contribution in [0.2, 0.25) is 0 Å². The number of carbonyl (C=O) groups is 1. The van der Waals surface area contributed by atoms with Crippen LogP contribution in [0, 0.1) is 0 Å². The summed E-state index contributed by atoms with van der Waals surface area (Å²) < 4.78 is 16.6. The van der Waals surface area contributed by atoms with Crippen LogP contribution in [0.5, 0.6) is 17.2 Å². The molecule has 1 amide bonds. The van der Waals surface area contributed by atoms with Gasteiger partial charge in [-0.25, -0.2) is 0 Å². The maximum Gasteiger partial charge on any atom is 0.258 e. The molecule has 2 aromatic carbocycles. The standard InChI is InChI=1S/C22H28N2O4/c1-24-13-11-21(12-14-24)28-20-5-3-17(4-6-20)15-23-22(25)16-27-19-9-7-18(26-2)8-10-19/h3-10,21H,11-16H2,1-2H3,(H,23,25). The molecule has 0 spiro atoms. The van der Waals surface area contributed by atoms with Crippen molar-refractivity contribution in [2.75, 3.05) is 33.9 Å². The quantitative estimate of drug-likeness (QED) is 0.758. The number of carbonyl (C=O) groups excluding carboxylic acids is 1. The van der Waals surface area contributed by atoms with Gasteiger partial charge >= 0.3 is 0 Å². The molecule has 28 heavy (non-hydrogen) atoms. The number of nitrogens with zero attached hydrogens (tertiary/aromatic N) is 1. The van der Waals surface area contributed by atoms with E-state index in [4.69, 9.17) is 14.2 Å². The maximum atomic E-state index is 12.0. The lowest BCUT2D eigenvalue weighted by Crippen LogP contribution is -2.35. The summed E-state index contributed by atoms with van der Waals surface area (Å²) in [4.78, 5) is 14.3. The van der Waals surface area contributed by atoms with Gasteiger partial charge in [-0.15, -0.1) is 0 Å². The van der Waals surface area contributed by atoms with Crippen LogP contribution in [0.15, 0.2) is 48.5 Å². The largest absolute Gasteiger partial charge is 0.497 e. The molecule has 1 aliphatic rings. The van der Waals surface area contributed by atoms with E-state index in [9.17, 15) is 4.79 Å². The van der Waals surface area contributed by atoms with E-state index >= 15 is 0 Å². The Labute approximate surface area is 166 Å². The molecule has 0 unspecified atom stereocenters. The Morgan fingerprint density at radius 3 is 2.25 bits per heavy atom. The van der Waals surface area contributed by atoms with Gasteiger partial charge in [-0.1, -0.05) is 12.1 Å². The lowest BCUT2D eigenvalue weighted by Gasteiger charge is -2.29. The molecule has 0 saturated carbocycles. The third kappa shape index (κ3) is 6.16. The van der Waals surface area contributed by atoms with Crippen LogP contribution in [0.25, 0.3) is 0 Å². The second kappa shape index (κ2) is 9.99. The first-order valence-corrected chi connectivity index (χ1v) is 9.60. The zero-order chi connectivity index (χ0) is 19.8. The fraction of sp³-hybridized carbons (Fsp3) is 0.409. The average molecular weight is 384 g/mol. The molecule has 0 atom stereocenters. The first kappa shape index (κ1) is 20.0. The zero-order valence-electron chi connectivity index (χ0n) is 16.5. The molecule has 1 N–H and O–H groups in total. The minimum absolute atomic E-state index is 0.0242. The van der Waals surface area contributed by atoms with Gasteiger partial charge in [-0.3, -0.25) is 4.79 Å². The van der Waals surface area contributed by atoms with Crippen molar-refractivity contribution in [3.05, 3.63) is 54.1 Å². The smallest absolute Gasteiger partial charge is 0.258 e. The van der Waals surface area contributed by atoms with Gasteiger partial charge in [0.2, 0.25) is 0 Å². The van der Waals surface area contributed by atoms with E-state index in [1.54, 1.807) is 31.4 Å². The normalized spacial score (nSPS) is 15.1. The summed E-state index contributed by atoms with van der Waals surface area (Å²) in [5.41, 5.74) is 1.02. The molecule has 0 bridgehead atoms. The van der Waals surface area contributed by atoms with E-state index < -0.39 is 0 Å². The number of nitrogens with one attached hydrogen (secondary N) is 1. The van der Waals surface area contributed by atoms with Crippen molar-refractivity contribution in [3.8, 4) is 17.2 Å². The van der Waals surface area contributed by atoms with Crippen molar-refractivity contribution in [1.29, 1.82) is 0 Å². The van der Waals surface area contributed by atoms with Crippen molar-refractivity contribution in [2.24, 2.45) is 0 Å². The second-order valence-electron chi connectivity index (χ2n) is 7.01. The number of methoxy groups -OCH3 is 1. The second-order valence-corrected chi connectivity index (χ2v) is 7.01. The number of hydrogen-bond acceptors (Lipinski definition) is 5. The SMILES string of the molecule is COc1ccc(OCC(=O)NCc2ccc(OC3CCN(C)CC3)cc2)cc1. The Morgan fingerprint density at radius 1 is 1.00 bits per heavy atom. The van der Waals surface area contributed by atoms with E-state index in [2.05, 4.69) is 17.3 Å². The highest BCUT2D eigenvalue weighted by atomic mass is 16.5. The molecule has 1 aliphatic heterocycles. The molecule has 0 aliphatic carbocycles. The van der Waals surface area contributed by atoms with Gasteiger partial charge in [0.25, 0.3) is 5.91 Å². The highest BCUT2D eigenvalue weighted by Crippen LogP contribution is 2.19. The minimum Gasteiger partial charge on any atom is -0.497 e. The monoisotopic (exact) mass is 384 g/mol. The van der Waals surface area contributed by atoms with Gasteiger partial charge in [0, 0.05) is 19.6 Å². The van der Waals surface area contributed by atoms with Crippen LogP contribution in [0.3, 0.4) is 0 Å². The number of likely N-dealkylation sites (tertiary alicyclic amines) is 1. The zero-order valence-corrected chi connectivity index (χ0v) is 16.5. The lowest BCUT2D eigenvalue weighted by molar-refractivity contribution is -0.123. The van der Waals surface area contributed by atoms with Gasteiger partial charge in [0.15, 0.2) is 6.61 Å². The van der Waals surface area contributed by atoms with Gasteiger partial charge in [-0.05, 0) is 61.9 Å². The predicted octanol–water partition coefficient (Wildman–Crippen LogP) is 2.86. The molecule has 3 rings (SSSR count). The Kier molecular flexibility index (Phi) is 7.14. The molecule has 0 aromatic heterocycles. The minimum atomic E-state index is -0.164. The van der Waals surface area contributed by atoms with Crippen LogP contribution in [-0.4, -0.2) is 50.8 Å². The van der Waals surface area contributed by atoms with Crippen molar-refractivity contribution in [1.82, 2.24) is 10.2 Å². The molecule has 150 valence electrons.